The van der Waals surface area contributed by atoms with Crippen LogP contribution >= 0.6 is 0 Å². The lowest BCUT2D eigenvalue weighted by molar-refractivity contribution is 0.671. The van der Waals surface area contributed by atoms with Gasteiger partial charge in [0.15, 0.2) is 0 Å². The van der Waals surface area contributed by atoms with Gasteiger partial charge in [0.2, 0.25) is 0 Å². The highest BCUT2D eigenvalue weighted by Crippen LogP contribution is 2.42. The zero-order chi connectivity index (χ0) is 9.00. The number of aryl methyl sites for hydroxylation is 2. The standard InChI is InChI=1S/C12H13N/c1-7-3-4-8(2)12-10-6-5-9(13-10)11(7)12/h3-6,9-10,13H,1-2H3/t9-,10+. The molecule has 2 aliphatic rings. The van der Waals surface area contributed by atoms with Gasteiger partial charge < -0.3 is 0 Å². The minimum absolute atomic E-state index is 0.486. The van der Waals surface area contributed by atoms with Crippen molar-refractivity contribution in [3.8, 4) is 0 Å². The van der Waals surface area contributed by atoms with Crippen LogP contribution in [0.15, 0.2) is 24.3 Å². The lowest BCUT2D eigenvalue weighted by Gasteiger charge is -2.14. The number of fused-ring (bicyclic) bond motifs is 5. The molecule has 0 saturated heterocycles. The number of hydrogen-bond donors (Lipinski definition) is 1. The van der Waals surface area contributed by atoms with Crippen LogP contribution in [0.25, 0.3) is 0 Å². The summed E-state index contributed by atoms with van der Waals surface area (Å²) < 4.78 is 0. The summed E-state index contributed by atoms with van der Waals surface area (Å²) in [6.45, 7) is 4.41. The van der Waals surface area contributed by atoms with Crippen LogP contribution in [-0.4, -0.2) is 0 Å². The average Bonchev–Trinajstić information content (AvgIpc) is 2.70. The number of benzene rings is 1. The molecule has 2 heterocycles. The fourth-order valence-electron chi connectivity index (χ4n) is 2.57. The van der Waals surface area contributed by atoms with Gasteiger partial charge in [-0.25, -0.2) is 0 Å². The first-order valence-electron chi connectivity index (χ1n) is 4.82. The SMILES string of the molecule is Cc1ccc(C)c2c1[C@@H]1C=C[C@H]2N1. The van der Waals surface area contributed by atoms with Gasteiger partial charge in [0.1, 0.15) is 0 Å². The maximum absolute atomic E-state index is 3.56. The van der Waals surface area contributed by atoms with Crippen LogP contribution in [0.5, 0.6) is 0 Å². The van der Waals surface area contributed by atoms with Gasteiger partial charge >= 0.3 is 0 Å². The van der Waals surface area contributed by atoms with Crippen molar-refractivity contribution in [1.29, 1.82) is 0 Å². The van der Waals surface area contributed by atoms with E-state index in [1.807, 2.05) is 0 Å². The first-order chi connectivity index (χ1) is 6.27. The van der Waals surface area contributed by atoms with E-state index in [1.54, 1.807) is 0 Å². The number of rotatable bonds is 0. The Morgan fingerprint density at radius 2 is 1.38 bits per heavy atom. The Morgan fingerprint density at radius 1 is 0.923 bits per heavy atom. The highest BCUT2D eigenvalue weighted by molar-refractivity contribution is 5.53. The fraction of sp³-hybridized carbons (Fsp3) is 0.333. The van der Waals surface area contributed by atoms with E-state index in [9.17, 15) is 0 Å². The zero-order valence-electron chi connectivity index (χ0n) is 7.96. The Labute approximate surface area is 78.5 Å². The predicted octanol–water partition coefficient (Wildman–Crippen LogP) is 2.56. The molecule has 1 aromatic rings. The maximum atomic E-state index is 3.56. The van der Waals surface area contributed by atoms with Crippen molar-refractivity contribution < 1.29 is 0 Å². The molecule has 0 aromatic heterocycles. The predicted molar refractivity (Wildman–Crippen MR) is 53.7 cm³/mol. The molecule has 2 bridgehead atoms. The monoisotopic (exact) mass is 171 g/mol. The molecular weight excluding hydrogens is 158 g/mol. The third-order valence-corrected chi connectivity index (χ3v) is 3.20. The largest absolute Gasteiger partial charge is 0.296 e. The van der Waals surface area contributed by atoms with Crippen molar-refractivity contribution in [2.24, 2.45) is 0 Å². The van der Waals surface area contributed by atoms with Crippen LogP contribution in [0.3, 0.4) is 0 Å². The molecule has 1 N–H and O–H groups in total. The van der Waals surface area contributed by atoms with E-state index in [0.29, 0.717) is 12.1 Å². The Balaban J connectivity index is 2.33. The number of hydrogen-bond acceptors (Lipinski definition) is 1. The minimum atomic E-state index is 0.486. The van der Waals surface area contributed by atoms with Crippen LogP contribution in [0, 0.1) is 13.8 Å². The molecule has 0 amide bonds. The van der Waals surface area contributed by atoms with Crippen molar-refractivity contribution >= 4 is 0 Å². The average molecular weight is 171 g/mol. The van der Waals surface area contributed by atoms with Crippen molar-refractivity contribution in [2.75, 3.05) is 0 Å². The van der Waals surface area contributed by atoms with E-state index in [2.05, 4.69) is 43.4 Å². The Hall–Kier alpha value is -1.08. The summed E-state index contributed by atoms with van der Waals surface area (Å²) in [6, 6.07) is 5.43. The molecule has 3 rings (SSSR count). The van der Waals surface area contributed by atoms with E-state index >= 15 is 0 Å². The van der Waals surface area contributed by atoms with Crippen LogP contribution in [0.1, 0.15) is 34.3 Å². The van der Waals surface area contributed by atoms with E-state index in [-0.39, 0.29) is 0 Å². The molecule has 0 spiro atoms. The van der Waals surface area contributed by atoms with Crippen LogP contribution in [-0.2, 0) is 0 Å². The molecule has 2 atom stereocenters. The molecule has 0 fully saturated rings. The molecule has 66 valence electrons. The molecule has 1 nitrogen and oxygen atoms in total. The first kappa shape index (κ1) is 7.34. The summed E-state index contributed by atoms with van der Waals surface area (Å²) in [4.78, 5) is 0. The summed E-state index contributed by atoms with van der Waals surface area (Å²) in [5.41, 5.74) is 5.88. The molecule has 2 aliphatic heterocycles. The van der Waals surface area contributed by atoms with Crippen molar-refractivity contribution in [3.63, 3.8) is 0 Å². The highest BCUT2D eigenvalue weighted by atomic mass is 15.0. The normalized spacial score (nSPS) is 28.2. The summed E-state index contributed by atoms with van der Waals surface area (Å²) in [7, 11) is 0. The molecule has 0 unspecified atom stereocenters. The van der Waals surface area contributed by atoms with Gasteiger partial charge in [-0.3, -0.25) is 5.32 Å². The molecule has 0 radical (unpaired) electrons. The van der Waals surface area contributed by atoms with E-state index < -0.39 is 0 Å². The quantitative estimate of drug-likeness (QED) is 0.591. The summed E-state index contributed by atoms with van der Waals surface area (Å²) in [5, 5.41) is 3.56. The van der Waals surface area contributed by atoms with Gasteiger partial charge in [-0.2, -0.15) is 0 Å². The van der Waals surface area contributed by atoms with E-state index in [4.69, 9.17) is 0 Å². The Bertz CT molecular complexity index is 367. The first-order valence-corrected chi connectivity index (χ1v) is 4.82. The second-order valence-corrected chi connectivity index (χ2v) is 4.03. The molecule has 13 heavy (non-hydrogen) atoms. The summed E-state index contributed by atoms with van der Waals surface area (Å²) in [6.07, 6.45) is 4.55. The zero-order valence-corrected chi connectivity index (χ0v) is 7.96. The maximum Gasteiger partial charge on any atom is 0.0520 e. The van der Waals surface area contributed by atoms with Crippen molar-refractivity contribution in [1.82, 2.24) is 5.32 Å². The third kappa shape index (κ3) is 0.802. The fourth-order valence-corrected chi connectivity index (χ4v) is 2.57. The second kappa shape index (κ2) is 2.24. The van der Waals surface area contributed by atoms with Crippen molar-refractivity contribution in [2.45, 2.75) is 25.9 Å². The summed E-state index contributed by atoms with van der Waals surface area (Å²) in [5.74, 6) is 0. The van der Waals surface area contributed by atoms with Crippen molar-refractivity contribution in [3.05, 3.63) is 46.5 Å². The Kier molecular flexibility index (Phi) is 1.26. The third-order valence-electron chi connectivity index (χ3n) is 3.20. The minimum Gasteiger partial charge on any atom is -0.296 e. The Morgan fingerprint density at radius 3 is 1.85 bits per heavy atom. The van der Waals surface area contributed by atoms with Gasteiger partial charge in [-0.15, -0.1) is 0 Å². The topological polar surface area (TPSA) is 12.0 Å². The van der Waals surface area contributed by atoms with Crippen LogP contribution < -0.4 is 5.32 Å². The van der Waals surface area contributed by atoms with Crippen LogP contribution in [0.4, 0.5) is 0 Å². The van der Waals surface area contributed by atoms with Crippen LogP contribution in [0.2, 0.25) is 0 Å². The smallest absolute Gasteiger partial charge is 0.0520 e. The lowest BCUT2D eigenvalue weighted by Crippen LogP contribution is -2.07. The lowest BCUT2D eigenvalue weighted by atomic mass is 9.90. The highest BCUT2D eigenvalue weighted by Gasteiger charge is 2.33. The van der Waals surface area contributed by atoms with E-state index in [1.165, 1.54) is 22.3 Å². The second-order valence-electron chi connectivity index (χ2n) is 4.03. The number of nitrogens with one attached hydrogen (secondary N) is 1. The van der Waals surface area contributed by atoms with Gasteiger partial charge in [-0.1, -0.05) is 24.3 Å². The van der Waals surface area contributed by atoms with Gasteiger partial charge in [-0.05, 0) is 36.1 Å². The van der Waals surface area contributed by atoms with Gasteiger partial charge in [0.25, 0.3) is 0 Å². The molecule has 1 heteroatoms. The molecule has 1 aromatic carbocycles. The van der Waals surface area contributed by atoms with Gasteiger partial charge in [0, 0.05) is 0 Å². The molecule has 0 saturated carbocycles. The van der Waals surface area contributed by atoms with Gasteiger partial charge in [0.05, 0.1) is 12.1 Å². The van der Waals surface area contributed by atoms with E-state index in [0.717, 1.165) is 0 Å². The summed E-state index contributed by atoms with van der Waals surface area (Å²) >= 11 is 0. The molecular formula is C12H13N. The molecule has 0 aliphatic carbocycles.